The number of aromatic nitrogens is 2. The average molecular weight is 266 g/mol. The van der Waals surface area contributed by atoms with E-state index in [1.165, 1.54) is 0 Å². The van der Waals surface area contributed by atoms with Gasteiger partial charge in [0.2, 0.25) is 0 Å². The van der Waals surface area contributed by atoms with E-state index in [1.54, 1.807) is 12.4 Å². The monoisotopic (exact) mass is 266 g/mol. The van der Waals surface area contributed by atoms with Crippen LogP contribution in [0.2, 0.25) is 0 Å². The lowest BCUT2D eigenvalue weighted by Gasteiger charge is -2.43. The number of imidazole rings is 1. The number of aromatic amines is 1. The van der Waals surface area contributed by atoms with Crippen molar-refractivity contribution in [3.63, 3.8) is 0 Å². The van der Waals surface area contributed by atoms with Crippen molar-refractivity contribution in [2.45, 2.75) is 59.3 Å². The van der Waals surface area contributed by atoms with Crippen LogP contribution >= 0.6 is 0 Å². The molecule has 1 rings (SSSR count). The highest BCUT2D eigenvalue weighted by molar-refractivity contribution is 5.76. The molecule has 0 aliphatic heterocycles. The number of carbonyl (C=O) groups is 1. The number of hydrogen-bond acceptors (Lipinski definition) is 2. The molecule has 1 aromatic heterocycles. The van der Waals surface area contributed by atoms with Crippen molar-refractivity contribution in [3.05, 3.63) is 18.2 Å². The summed E-state index contributed by atoms with van der Waals surface area (Å²) in [5, 5.41) is 9.80. The number of aliphatic carboxylic acids is 1. The van der Waals surface area contributed by atoms with Crippen LogP contribution in [0.1, 0.15) is 59.7 Å². The third-order valence-corrected chi connectivity index (χ3v) is 4.87. The lowest BCUT2D eigenvalue weighted by atomic mass is 9.60. The molecule has 0 amide bonds. The molecule has 0 spiro atoms. The largest absolute Gasteiger partial charge is 0.481 e. The van der Waals surface area contributed by atoms with E-state index in [9.17, 15) is 9.90 Å². The Balaban J connectivity index is 3.25. The molecular weight excluding hydrogens is 240 g/mol. The molecule has 0 aliphatic carbocycles. The van der Waals surface area contributed by atoms with Gasteiger partial charge in [-0.2, -0.15) is 0 Å². The van der Waals surface area contributed by atoms with Gasteiger partial charge in [0.15, 0.2) is 0 Å². The second-order valence-electron chi connectivity index (χ2n) is 5.98. The lowest BCUT2D eigenvalue weighted by Crippen LogP contribution is -2.48. The molecule has 4 nitrogen and oxygen atoms in total. The molecule has 3 unspecified atom stereocenters. The first-order chi connectivity index (χ1) is 8.81. The first kappa shape index (κ1) is 15.7. The molecule has 1 heterocycles. The van der Waals surface area contributed by atoms with Crippen molar-refractivity contribution in [1.29, 1.82) is 0 Å². The number of rotatable bonds is 7. The second kappa shape index (κ2) is 5.76. The van der Waals surface area contributed by atoms with Gasteiger partial charge in [-0.1, -0.05) is 34.1 Å². The summed E-state index contributed by atoms with van der Waals surface area (Å²) in [5.74, 6) is 0.402. The van der Waals surface area contributed by atoms with Gasteiger partial charge in [-0.3, -0.25) is 4.79 Å². The molecule has 0 saturated heterocycles. The Hall–Kier alpha value is -1.32. The van der Waals surface area contributed by atoms with Crippen LogP contribution in [0.4, 0.5) is 0 Å². The number of carboxylic acids is 1. The van der Waals surface area contributed by atoms with Crippen LogP contribution < -0.4 is 0 Å². The maximum Gasteiger partial charge on any atom is 0.310 e. The Morgan fingerprint density at radius 2 is 2.11 bits per heavy atom. The minimum absolute atomic E-state index is 0.377. The van der Waals surface area contributed by atoms with Crippen molar-refractivity contribution in [1.82, 2.24) is 9.97 Å². The number of nitrogens with zero attached hydrogens (tertiary/aromatic N) is 1. The molecule has 0 saturated carbocycles. The number of hydrogen-bond donors (Lipinski definition) is 2. The van der Waals surface area contributed by atoms with Gasteiger partial charge in [0, 0.05) is 17.8 Å². The summed E-state index contributed by atoms with van der Waals surface area (Å²) >= 11 is 0. The highest BCUT2D eigenvalue weighted by Crippen LogP contribution is 2.47. The normalized spacial score (nSPS) is 19.4. The quantitative estimate of drug-likeness (QED) is 0.792. The van der Waals surface area contributed by atoms with E-state index in [2.05, 4.69) is 23.8 Å². The number of nitrogens with one attached hydrogen (secondary N) is 1. The van der Waals surface area contributed by atoms with Crippen molar-refractivity contribution in [2.75, 3.05) is 0 Å². The highest BCUT2D eigenvalue weighted by Gasteiger charge is 2.52. The average Bonchev–Trinajstić information content (AvgIpc) is 2.91. The zero-order valence-electron chi connectivity index (χ0n) is 12.7. The predicted molar refractivity (Wildman–Crippen MR) is 76.0 cm³/mol. The Kier molecular flexibility index (Phi) is 4.77. The fourth-order valence-corrected chi connectivity index (χ4v) is 2.78. The van der Waals surface area contributed by atoms with Gasteiger partial charge in [0.25, 0.3) is 0 Å². The van der Waals surface area contributed by atoms with Gasteiger partial charge < -0.3 is 10.1 Å². The van der Waals surface area contributed by atoms with Crippen LogP contribution in [0.5, 0.6) is 0 Å². The van der Waals surface area contributed by atoms with E-state index >= 15 is 0 Å². The molecule has 0 fully saturated rings. The van der Waals surface area contributed by atoms with Crippen molar-refractivity contribution >= 4 is 5.97 Å². The lowest BCUT2D eigenvalue weighted by molar-refractivity contribution is -0.154. The van der Waals surface area contributed by atoms with Gasteiger partial charge in [0.05, 0.1) is 5.41 Å². The molecule has 2 N–H and O–H groups in total. The smallest absolute Gasteiger partial charge is 0.310 e. The molecule has 4 heteroatoms. The highest BCUT2D eigenvalue weighted by atomic mass is 16.4. The second-order valence-corrected chi connectivity index (χ2v) is 5.98. The summed E-state index contributed by atoms with van der Waals surface area (Å²) in [7, 11) is 0. The zero-order valence-corrected chi connectivity index (χ0v) is 12.7. The van der Waals surface area contributed by atoms with Gasteiger partial charge in [-0.25, -0.2) is 4.98 Å². The topological polar surface area (TPSA) is 66.0 Å². The fraction of sp³-hybridized carbons (Fsp3) is 0.733. The Labute approximate surface area is 115 Å². The molecule has 0 bridgehead atoms. The minimum Gasteiger partial charge on any atom is -0.481 e. The Morgan fingerprint density at radius 1 is 1.47 bits per heavy atom. The van der Waals surface area contributed by atoms with Crippen LogP contribution in [0.3, 0.4) is 0 Å². The van der Waals surface area contributed by atoms with Crippen LogP contribution in [-0.2, 0) is 10.2 Å². The van der Waals surface area contributed by atoms with Crippen LogP contribution in [0.15, 0.2) is 12.4 Å². The SMILES string of the molecule is CCC(C)CC(C)(C(=O)O)C(C)(CC)c1ncc[nH]1. The first-order valence-electron chi connectivity index (χ1n) is 7.05. The van der Waals surface area contributed by atoms with Crippen molar-refractivity contribution in [3.8, 4) is 0 Å². The fourth-order valence-electron chi connectivity index (χ4n) is 2.78. The third-order valence-electron chi connectivity index (χ3n) is 4.87. The van der Waals surface area contributed by atoms with Crippen LogP contribution in [0.25, 0.3) is 0 Å². The van der Waals surface area contributed by atoms with Crippen molar-refractivity contribution < 1.29 is 9.90 Å². The molecule has 0 radical (unpaired) electrons. The zero-order chi connectivity index (χ0) is 14.7. The molecule has 3 atom stereocenters. The van der Waals surface area contributed by atoms with Gasteiger partial charge in [-0.05, 0) is 25.7 Å². The molecule has 19 heavy (non-hydrogen) atoms. The molecule has 0 aliphatic rings. The van der Waals surface area contributed by atoms with Gasteiger partial charge in [0.1, 0.15) is 5.82 Å². The molecule has 1 aromatic rings. The molecule has 108 valence electrons. The summed E-state index contributed by atoms with van der Waals surface area (Å²) in [6.45, 7) is 10.1. The third kappa shape index (κ3) is 2.67. The van der Waals surface area contributed by atoms with Gasteiger partial charge in [-0.15, -0.1) is 0 Å². The van der Waals surface area contributed by atoms with E-state index in [0.29, 0.717) is 12.3 Å². The minimum atomic E-state index is -0.824. The summed E-state index contributed by atoms with van der Waals surface area (Å²) in [5.41, 5.74) is -1.32. The Bertz CT molecular complexity index is 416. The van der Waals surface area contributed by atoms with E-state index in [1.807, 2.05) is 20.8 Å². The maximum atomic E-state index is 11.9. The van der Waals surface area contributed by atoms with Crippen LogP contribution in [0, 0.1) is 11.3 Å². The van der Waals surface area contributed by atoms with Crippen molar-refractivity contribution in [2.24, 2.45) is 11.3 Å². The van der Waals surface area contributed by atoms with Gasteiger partial charge >= 0.3 is 5.97 Å². The summed E-state index contributed by atoms with van der Waals surface area (Å²) < 4.78 is 0. The van der Waals surface area contributed by atoms with E-state index in [0.717, 1.165) is 18.7 Å². The summed E-state index contributed by atoms with van der Waals surface area (Å²) in [6.07, 6.45) is 5.83. The van der Waals surface area contributed by atoms with E-state index < -0.39 is 16.8 Å². The summed E-state index contributed by atoms with van der Waals surface area (Å²) in [4.78, 5) is 19.4. The molecular formula is C15H26N2O2. The summed E-state index contributed by atoms with van der Waals surface area (Å²) in [6, 6.07) is 0. The number of carboxylic acid groups (broad SMARTS) is 1. The molecule has 0 aromatic carbocycles. The van der Waals surface area contributed by atoms with E-state index in [4.69, 9.17) is 0 Å². The predicted octanol–water partition coefficient (Wildman–Crippen LogP) is 3.60. The number of H-pyrrole nitrogens is 1. The Morgan fingerprint density at radius 3 is 2.47 bits per heavy atom. The van der Waals surface area contributed by atoms with Crippen LogP contribution in [-0.4, -0.2) is 21.0 Å². The maximum absolute atomic E-state index is 11.9. The standard InChI is InChI=1S/C15H26N2O2/c1-6-11(3)10-15(5,13(18)19)14(4,7-2)12-16-8-9-17-12/h8-9,11H,6-7,10H2,1-5H3,(H,16,17)(H,18,19). The first-order valence-corrected chi connectivity index (χ1v) is 7.05. The van der Waals surface area contributed by atoms with E-state index in [-0.39, 0.29) is 0 Å².